The number of amides is 1. The molecule has 1 amide bonds. The maximum absolute atomic E-state index is 13.7. The van der Waals surface area contributed by atoms with Crippen molar-refractivity contribution in [3.63, 3.8) is 0 Å². The monoisotopic (exact) mass is 521 g/mol. The van der Waals surface area contributed by atoms with Gasteiger partial charge in [0.1, 0.15) is 17.3 Å². The molecule has 1 fully saturated rings. The van der Waals surface area contributed by atoms with Crippen LogP contribution < -0.4 is 23.8 Å². The van der Waals surface area contributed by atoms with Crippen molar-refractivity contribution in [3.05, 3.63) is 82.2 Å². The van der Waals surface area contributed by atoms with E-state index < -0.39 is 23.5 Å². The van der Waals surface area contributed by atoms with Crippen molar-refractivity contribution in [2.75, 3.05) is 33.3 Å². The van der Waals surface area contributed by atoms with E-state index in [0.29, 0.717) is 39.7 Å². The molecule has 0 bridgehead atoms. The van der Waals surface area contributed by atoms with Crippen LogP contribution in [-0.4, -0.2) is 45.2 Å². The summed E-state index contributed by atoms with van der Waals surface area (Å²) in [5.74, 6) is -1.09. The van der Waals surface area contributed by atoms with Gasteiger partial charge in [0.2, 0.25) is 5.75 Å². The van der Waals surface area contributed by atoms with Crippen LogP contribution in [0.5, 0.6) is 23.0 Å². The molecule has 1 aliphatic heterocycles. The molecule has 0 saturated carbocycles. The van der Waals surface area contributed by atoms with Gasteiger partial charge in [-0.2, -0.15) is 0 Å². The van der Waals surface area contributed by atoms with Crippen LogP contribution >= 0.6 is 0 Å². The predicted molar refractivity (Wildman–Crippen MR) is 140 cm³/mol. The second kappa shape index (κ2) is 10.5. The van der Waals surface area contributed by atoms with E-state index in [4.69, 9.17) is 18.9 Å². The fourth-order valence-electron chi connectivity index (χ4n) is 4.68. The lowest BCUT2D eigenvalue weighted by atomic mass is 9.92. The van der Waals surface area contributed by atoms with E-state index in [9.17, 15) is 19.1 Å². The largest absolute Gasteiger partial charge is 0.507 e. The molecule has 8 nitrogen and oxygen atoms in total. The Bertz CT molecular complexity index is 1420. The van der Waals surface area contributed by atoms with Crippen molar-refractivity contribution in [1.29, 1.82) is 0 Å². The lowest BCUT2D eigenvalue weighted by Gasteiger charge is -2.27. The van der Waals surface area contributed by atoms with Crippen LogP contribution in [0.15, 0.2) is 54.1 Å². The smallest absolute Gasteiger partial charge is 0.300 e. The normalized spacial score (nSPS) is 16.5. The zero-order valence-corrected chi connectivity index (χ0v) is 21.9. The molecule has 0 aromatic heterocycles. The molecule has 0 spiro atoms. The number of ether oxygens (including phenoxy) is 4. The molecule has 9 heteroatoms. The summed E-state index contributed by atoms with van der Waals surface area (Å²) in [7, 11) is 5.89. The van der Waals surface area contributed by atoms with Crippen molar-refractivity contribution in [2.45, 2.75) is 19.9 Å². The molecular formula is C29H28FNO7. The van der Waals surface area contributed by atoms with Gasteiger partial charge in [-0.1, -0.05) is 0 Å². The van der Waals surface area contributed by atoms with Gasteiger partial charge in [-0.15, -0.1) is 0 Å². The van der Waals surface area contributed by atoms with Gasteiger partial charge in [0.25, 0.3) is 11.7 Å². The highest BCUT2D eigenvalue weighted by atomic mass is 19.1. The summed E-state index contributed by atoms with van der Waals surface area (Å²) < 4.78 is 35.5. The molecule has 0 radical (unpaired) electrons. The van der Waals surface area contributed by atoms with Crippen molar-refractivity contribution in [3.8, 4) is 23.0 Å². The van der Waals surface area contributed by atoms with Crippen molar-refractivity contribution >= 4 is 23.1 Å². The highest BCUT2D eigenvalue weighted by Crippen LogP contribution is 2.47. The molecule has 198 valence electrons. The number of nitrogens with zero attached hydrogens (tertiary/aromatic N) is 1. The number of hydrogen-bond donors (Lipinski definition) is 1. The van der Waals surface area contributed by atoms with E-state index in [-0.39, 0.29) is 17.0 Å². The number of anilines is 1. The van der Waals surface area contributed by atoms with E-state index >= 15 is 0 Å². The molecular weight excluding hydrogens is 493 g/mol. The van der Waals surface area contributed by atoms with Crippen molar-refractivity contribution in [2.24, 2.45) is 0 Å². The summed E-state index contributed by atoms with van der Waals surface area (Å²) >= 11 is 0. The van der Waals surface area contributed by atoms with E-state index in [2.05, 4.69) is 0 Å². The van der Waals surface area contributed by atoms with Gasteiger partial charge in [-0.3, -0.25) is 14.5 Å². The number of halogens is 1. The minimum Gasteiger partial charge on any atom is -0.507 e. The van der Waals surface area contributed by atoms with Gasteiger partial charge >= 0.3 is 0 Å². The number of methoxy groups -OCH3 is 4. The molecule has 0 aliphatic carbocycles. The quantitative estimate of drug-likeness (QED) is 0.263. The fourth-order valence-corrected chi connectivity index (χ4v) is 4.68. The van der Waals surface area contributed by atoms with Crippen LogP contribution in [0.3, 0.4) is 0 Å². The molecule has 1 unspecified atom stereocenters. The molecule has 1 atom stereocenters. The number of ketones is 1. The number of aliphatic hydroxyl groups excluding tert-OH is 1. The van der Waals surface area contributed by atoms with Gasteiger partial charge in [0.15, 0.2) is 11.5 Å². The molecule has 1 aliphatic rings. The van der Waals surface area contributed by atoms with Crippen LogP contribution in [-0.2, 0) is 9.59 Å². The standard InChI is InChI=1S/C29H28FNO7/c1-15-12-21(35-3)16(2)11-20(15)26(32)24-25(17-13-22(36-4)28(38-6)23(14-17)37-5)31(29(34)27(24)33)19-9-7-18(30)8-10-19/h7-14,25,32H,1-6H3/b26-24+. The number of rotatable bonds is 7. The topological polar surface area (TPSA) is 94.5 Å². The average molecular weight is 522 g/mol. The third-order valence-corrected chi connectivity index (χ3v) is 6.55. The molecule has 1 saturated heterocycles. The van der Waals surface area contributed by atoms with E-state index in [0.717, 1.165) is 5.56 Å². The molecule has 3 aromatic rings. The number of aliphatic hydroxyl groups is 1. The molecule has 1 N–H and O–H groups in total. The van der Waals surface area contributed by atoms with Crippen LogP contribution in [0.2, 0.25) is 0 Å². The summed E-state index contributed by atoms with van der Waals surface area (Å²) in [4.78, 5) is 28.2. The fraction of sp³-hybridized carbons (Fsp3) is 0.241. The van der Waals surface area contributed by atoms with Crippen LogP contribution in [0.4, 0.5) is 10.1 Å². The summed E-state index contributed by atoms with van der Waals surface area (Å²) in [6.07, 6.45) is 0. The maximum atomic E-state index is 13.7. The Morgan fingerprint density at radius 2 is 1.39 bits per heavy atom. The minimum atomic E-state index is -1.09. The first-order valence-electron chi connectivity index (χ1n) is 11.7. The number of carbonyl (C=O) groups is 2. The Labute approximate surface area is 219 Å². The number of Topliss-reactive ketones (excluding diaryl/α,β-unsaturated/α-hetero) is 1. The summed E-state index contributed by atoms with van der Waals surface area (Å²) in [6, 6.07) is 10.7. The summed E-state index contributed by atoms with van der Waals surface area (Å²) in [5.41, 5.74) is 2.29. The molecule has 3 aromatic carbocycles. The Hall–Kier alpha value is -4.53. The zero-order valence-electron chi connectivity index (χ0n) is 21.9. The SMILES string of the molecule is COc1cc(C)c(/C(O)=C2\C(=O)C(=O)N(c3ccc(F)cc3)C2c2cc(OC)c(OC)c(OC)c2)cc1C. The Morgan fingerprint density at radius 3 is 1.92 bits per heavy atom. The van der Waals surface area contributed by atoms with Crippen LogP contribution in [0.1, 0.15) is 28.3 Å². The number of carbonyl (C=O) groups excluding carboxylic acids is 2. The number of benzene rings is 3. The van der Waals surface area contributed by atoms with Gasteiger partial charge in [0, 0.05) is 11.3 Å². The second-order valence-electron chi connectivity index (χ2n) is 8.74. The number of aryl methyl sites for hydroxylation is 2. The first-order chi connectivity index (χ1) is 18.2. The van der Waals surface area contributed by atoms with Gasteiger partial charge in [-0.05, 0) is 79.1 Å². The molecule has 4 rings (SSSR count). The lowest BCUT2D eigenvalue weighted by Crippen LogP contribution is -2.29. The minimum absolute atomic E-state index is 0.138. The Morgan fingerprint density at radius 1 is 0.816 bits per heavy atom. The molecule has 1 heterocycles. The maximum Gasteiger partial charge on any atom is 0.300 e. The zero-order chi connectivity index (χ0) is 27.7. The van der Waals surface area contributed by atoms with Crippen molar-refractivity contribution in [1.82, 2.24) is 0 Å². The van der Waals surface area contributed by atoms with Crippen molar-refractivity contribution < 1.29 is 38.0 Å². The molecule has 38 heavy (non-hydrogen) atoms. The van der Waals surface area contributed by atoms with Gasteiger partial charge < -0.3 is 24.1 Å². The Kier molecular flexibility index (Phi) is 7.30. The third-order valence-electron chi connectivity index (χ3n) is 6.55. The van der Waals surface area contributed by atoms with Crippen LogP contribution in [0, 0.1) is 19.7 Å². The van der Waals surface area contributed by atoms with Crippen LogP contribution in [0.25, 0.3) is 5.76 Å². The second-order valence-corrected chi connectivity index (χ2v) is 8.74. The third kappa shape index (κ3) is 4.40. The predicted octanol–water partition coefficient (Wildman–Crippen LogP) is 5.10. The highest BCUT2D eigenvalue weighted by molar-refractivity contribution is 6.51. The first kappa shape index (κ1) is 26.5. The van der Waals surface area contributed by atoms with E-state index in [1.54, 1.807) is 38.3 Å². The summed E-state index contributed by atoms with van der Waals surface area (Å²) in [5, 5.41) is 11.6. The average Bonchev–Trinajstić information content (AvgIpc) is 3.18. The van der Waals surface area contributed by atoms with E-state index in [1.165, 1.54) is 50.5 Å². The van der Waals surface area contributed by atoms with Gasteiger partial charge in [-0.25, -0.2) is 4.39 Å². The van der Waals surface area contributed by atoms with E-state index in [1.807, 2.05) is 6.92 Å². The Balaban J connectivity index is 2.04. The first-order valence-corrected chi connectivity index (χ1v) is 11.7. The van der Waals surface area contributed by atoms with Gasteiger partial charge in [0.05, 0.1) is 40.1 Å². The number of hydrogen-bond acceptors (Lipinski definition) is 7. The highest BCUT2D eigenvalue weighted by Gasteiger charge is 2.47. The lowest BCUT2D eigenvalue weighted by molar-refractivity contribution is -0.132. The summed E-state index contributed by atoms with van der Waals surface area (Å²) in [6.45, 7) is 3.57.